The number of halogens is 2. The molecule has 3 nitrogen and oxygen atoms in total. The van der Waals surface area contributed by atoms with E-state index in [-0.39, 0.29) is 5.28 Å². The topological polar surface area (TPSA) is 35.0 Å². The Bertz CT molecular complexity index is 532. The lowest BCUT2D eigenvalue weighted by Crippen LogP contribution is -1.95. The first-order valence-electron chi connectivity index (χ1n) is 5.12. The Kier molecular flexibility index (Phi) is 3.82. The zero-order chi connectivity index (χ0) is 12.3. The minimum atomic E-state index is 0.208. The molecule has 0 aliphatic rings. The van der Waals surface area contributed by atoms with Crippen molar-refractivity contribution in [2.24, 2.45) is 0 Å². The van der Waals surface area contributed by atoms with Gasteiger partial charge in [0.1, 0.15) is 5.75 Å². The smallest absolute Gasteiger partial charge is 0.222 e. The van der Waals surface area contributed by atoms with Crippen molar-refractivity contribution >= 4 is 23.2 Å². The van der Waals surface area contributed by atoms with Crippen molar-refractivity contribution in [3.8, 4) is 17.0 Å². The minimum Gasteiger partial charge on any atom is -0.493 e. The molecular formula is C12H10Cl2N2O. The first kappa shape index (κ1) is 12.1. The summed E-state index contributed by atoms with van der Waals surface area (Å²) in [5, 5.41) is 0.831. The van der Waals surface area contributed by atoms with Crippen LogP contribution >= 0.6 is 23.2 Å². The molecule has 0 aliphatic carbocycles. The monoisotopic (exact) mass is 268 g/mol. The van der Waals surface area contributed by atoms with E-state index in [0.29, 0.717) is 23.1 Å². The average molecular weight is 269 g/mol. The maximum absolute atomic E-state index is 5.93. The molecule has 0 amide bonds. The number of hydrogen-bond donors (Lipinski definition) is 0. The van der Waals surface area contributed by atoms with E-state index >= 15 is 0 Å². The van der Waals surface area contributed by atoms with E-state index in [0.717, 1.165) is 5.56 Å². The van der Waals surface area contributed by atoms with Crippen LogP contribution in [0.25, 0.3) is 11.3 Å². The predicted molar refractivity (Wildman–Crippen MR) is 68.7 cm³/mol. The van der Waals surface area contributed by atoms with E-state index in [4.69, 9.17) is 27.9 Å². The average Bonchev–Trinajstić information content (AvgIpc) is 2.29. The second kappa shape index (κ2) is 5.34. The standard InChI is InChI=1S/C12H10Cl2N2O/c1-2-17-11-7-8(13)3-4-9(11)10-5-6-15-12(14)16-10/h3-7H,2H2,1H3. The molecule has 88 valence electrons. The summed E-state index contributed by atoms with van der Waals surface area (Å²) in [7, 11) is 0. The van der Waals surface area contributed by atoms with Crippen molar-refractivity contribution in [2.45, 2.75) is 6.92 Å². The number of hydrogen-bond acceptors (Lipinski definition) is 3. The molecular weight excluding hydrogens is 259 g/mol. The van der Waals surface area contributed by atoms with Crippen LogP contribution in [0.1, 0.15) is 6.92 Å². The third kappa shape index (κ3) is 2.87. The Morgan fingerprint density at radius 1 is 1.24 bits per heavy atom. The van der Waals surface area contributed by atoms with Crippen LogP contribution in [0.2, 0.25) is 10.3 Å². The number of benzene rings is 1. The van der Waals surface area contributed by atoms with Crippen LogP contribution < -0.4 is 4.74 Å². The van der Waals surface area contributed by atoms with Crippen molar-refractivity contribution in [3.63, 3.8) is 0 Å². The highest BCUT2D eigenvalue weighted by Crippen LogP contribution is 2.31. The Morgan fingerprint density at radius 2 is 2.06 bits per heavy atom. The highest BCUT2D eigenvalue weighted by molar-refractivity contribution is 6.30. The Balaban J connectivity index is 2.50. The lowest BCUT2D eigenvalue weighted by Gasteiger charge is -2.10. The summed E-state index contributed by atoms with van der Waals surface area (Å²) in [6.45, 7) is 2.48. The second-order valence-electron chi connectivity index (χ2n) is 3.28. The van der Waals surface area contributed by atoms with E-state index in [1.807, 2.05) is 13.0 Å². The summed E-state index contributed by atoms with van der Waals surface area (Å²) >= 11 is 11.7. The third-order valence-corrected chi connectivity index (χ3v) is 2.56. The summed E-state index contributed by atoms with van der Waals surface area (Å²) in [5.74, 6) is 0.690. The van der Waals surface area contributed by atoms with Gasteiger partial charge in [-0.15, -0.1) is 0 Å². The molecule has 0 unspecified atom stereocenters. The third-order valence-electron chi connectivity index (χ3n) is 2.15. The fourth-order valence-electron chi connectivity index (χ4n) is 1.47. The fourth-order valence-corrected chi connectivity index (χ4v) is 1.78. The molecule has 0 N–H and O–H groups in total. The van der Waals surface area contributed by atoms with Gasteiger partial charge in [-0.2, -0.15) is 0 Å². The molecule has 0 aliphatic heterocycles. The van der Waals surface area contributed by atoms with Crippen molar-refractivity contribution in [2.75, 3.05) is 6.61 Å². The predicted octanol–water partition coefficient (Wildman–Crippen LogP) is 3.85. The van der Waals surface area contributed by atoms with Crippen molar-refractivity contribution in [1.29, 1.82) is 0 Å². The Labute approximate surface area is 109 Å². The lowest BCUT2D eigenvalue weighted by molar-refractivity contribution is 0.341. The molecule has 1 aromatic carbocycles. The largest absolute Gasteiger partial charge is 0.493 e. The van der Waals surface area contributed by atoms with E-state index in [9.17, 15) is 0 Å². The lowest BCUT2D eigenvalue weighted by atomic mass is 10.1. The molecule has 0 spiro atoms. The summed E-state index contributed by atoms with van der Waals surface area (Å²) < 4.78 is 5.52. The molecule has 2 aromatic rings. The first-order chi connectivity index (χ1) is 8.20. The molecule has 0 saturated carbocycles. The molecule has 5 heteroatoms. The molecule has 2 rings (SSSR count). The zero-order valence-electron chi connectivity index (χ0n) is 9.15. The van der Waals surface area contributed by atoms with Gasteiger partial charge in [-0.3, -0.25) is 0 Å². The van der Waals surface area contributed by atoms with Gasteiger partial charge in [-0.05, 0) is 42.8 Å². The maximum atomic E-state index is 5.93. The summed E-state index contributed by atoms with van der Waals surface area (Å²) in [6, 6.07) is 7.18. The van der Waals surface area contributed by atoms with Crippen LogP contribution in [0.3, 0.4) is 0 Å². The molecule has 0 radical (unpaired) electrons. The molecule has 17 heavy (non-hydrogen) atoms. The molecule has 0 saturated heterocycles. The van der Waals surface area contributed by atoms with Gasteiger partial charge in [0.05, 0.1) is 12.3 Å². The van der Waals surface area contributed by atoms with E-state index < -0.39 is 0 Å². The van der Waals surface area contributed by atoms with Gasteiger partial charge in [0, 0.05) is 16.8 Å². The summed E-state index contributed by atoms with van der Waals surface area (Å²) in [6.07, 6.45) is 1.61. The van der Waals surface area contributed by atoms with Gasteiger partial charge in [-0.25, -0.2) is 9.97 Å². The van der Waals surface area contributed by atoms with Crippen LogP contribution in [0, 0.1) is 0 Å². The van der Waals surface area contributed by atoms with Crippen LogP contribution in [-0.4, -0.2) is 16.6 Å². The Hall–Kier alpha value is -1.32. The number of aromatic nitrogens is 2. The number of nitrogens with zero attached hydrogens (tertiary/aromatic N) is 2. The SMILES string of the molecule is CCOc1cc(Cl)ccc1-c1ccnc(Cl)n1. The minimum absolute atomic E-state index is 0.208. The molecule has 0 atom stereocenters. The number of rotatable bonds is 3. The van der Waals surface area contributed by atoms with E-state index in [1.165, 1.54) is 0 Å². The van der Waals surface area contributed by atoms with Crippen LogP contribution in [-0.2, 0) is 0 Å². The zero-order valence-corrected chi connectivity index (χ0v) is 10.7. The van der Waals surface area contributed by atoms with Crippen LogP contribution in [0.5, 0.6) is 5.75 Å². The molecule has 1 heterocycles. The van der Waals surface area contributed by atoms with Gasteiger partial charge < -0.3 is 4.74 Å². The summed E-state index contributed by atoms with van der Waals surface area (Å²) in [4.78, 5) is 7.99. The highest BCUT2D eigenvalue weighted by Gasteiger charge is 2.09. The Morgan fingerprint density at radius 3 is 2.76 bits per heavy atom. The van der Waals surface area contributed by atoms with Crippen molar-refractivity contribution in [3.05, 3.63) is 40.8 Å². The van der Waals surface area contributed by atoms with Crippen molar-refractivity contribution < 1.29 is 4.74 Å². The number of ether oxygens (including phenoxy) is 1. The van der Waals surface area contributed by atoms with Crippen LogP contribution in [0.15, 0.2) is 30.5 Å². The summed E-state index contributed by atoms with van der Waals surface area (Å²) in [5.41, 5.74) is 1.56. The van der Waals surface area contributed by atoms with Gasteiger partial charge >= 0.3 is 0 Å². The van der Waals surface area contributed by atoms with Gasteiger partial charge in [0.2, 0.25) is 5.28 Å². The highest BCUT2D eigenvalue weighted by atomic mass is 35.5. The second-order valence-corrected chi connectivity index (χ2v) is 4.06. The van der Waals surface area contributed by atoms with Crippen LogP contribution in [0.4, 0.5) is 0 Å². The normalized spacial score (nSPS) is 10.3. The maximum Gasteiger partial charge on any atom is 0.222 e. The van der Waals surface area contributed by atoms with Gasteiger partial charge in [0.15, 0.2) is 0 Å². The van der Waals surface area contributed by atoms with Crippen molar-refractivity contribution in [1.82, 2.24) is 9.97 Å². The first-order valence-corrected chi connectivity index (χ1v) is 5.87. The van der Waals surface area contributed by atoms with E-state index in [1.54, 1.807) is 24.4 Å². The molecule has 0 fully saturated rings. The van der Waals surface area contributed by atoms with E-state index in [2.05, 4.69) is 9.97 Å². The molecule has 1 aromatic heterocycles. The quantitative estimate of drug-likeness (QED) is 0.794. The van der Waals surface area contributed by atoms with Gasteiger partial charge in [-0.1, -0.05) is 11.6 Å². The molecule has 0 bridgehead atoms. The fraction of sp³-hybridized carbons (Fsp3) is 0.167. The van der Waals surface area contributed by atoms with Gasteiger partial charge in [0.25, 0.3) is 0 Å².